The molecule has 0 aliphatic carbocycles. The third-order valence-electron chi connectivity index (χ3n) is 2.13. The number of rotatable bonds is 2. The zero-order chi connectivity index (χ0) is 9.26. The van der Waals surface area contributed by atoms with Crippen molar-refractivity contribution in [3.8, 4) is 0 Å². The normalized spacial score (nSPS) is 22.0. The van der Waals surface area contributed by atoms with Gasteiger partial charge in [-0.05, 0) is 6.42 Å². The highest BCUT2D eigenvalue weighted by molar-refractivity contribution is 5.86. The van der Waals surface area contributed by atoms with Gasteiger partial charge in [-0.25, -0.2) is 4.79 Å². The number of nitrogens with zero attached hydrogens (tertiary/aromatic N) is 2. The van der Waals surface area contributed by atoms with E-state index in [1.54, 1.807) is 10.9 Å². The van der Waals surface area contributed by atoms with Crippen LogP contribution in [-0.4, -0.2) is 34.1 Å². The lowest BCUT2D eigenvalue weighted by Gasteiger charge is -2.06. The Morgan fingerprint density at radius 2 is 2.62 bits per heavy atom. The SMILES string of the molecule is O=C(O)c1cnn([C@@H]2CCOC2)c1. The molecule has 0 radical (unpaired) electrons. The molecule has 0 unspecified atom stereocenters. The average molecular weight is 182 g/mol. The highest BCUT2D eigenvalue weighted by Crippen LogP contribution is 2.17. The van der Waals surface area contributed by atoms with E-state index in [4.69, 9.17) is 9.84 Å². The van der Waals surface area contributed by atoms with Crippen LogP contribution < -0.4 is 0 Å². The van der Waals surface area contributed by atoms with Crippen molar-refractivity contribution in [3.63, 3.8) is 0 Å². The molecule has 1 atom stereocenters. The van der Waals surface area contributed by atoms with Crippen LogP contribution in [0.2, 0.25) is 0 Å². The molecule has 1 aromatic rings. The molecule has 1 fully saturated rings. The topological polar surface area (TPSA) is 64.3 Å². The number of carbonyl (C=O) groups is 1. The highest BCUT2D eigenvalue weighted by atomic mass is 16.5. The van der Waals surface area contributed by atoms with Gasteiger partial charge in [0.25, 0.3) is 0 Å². The average Bonchev–Trinajstić information content (AvgIpc) is 2.75. The molecule has 5 heteroatoms. The molecule has 0 saturated carbocycles. The lowest BCUT2D eigenvalue weighted by Crippen LogP contribution is -2.08. The predicted octanol–water partition coefficient (Wildman–Crippen LogP) is 0.543. The first-order valence-corrected chi connectivity index (χ1v) is 4.12. The van der Waals surface area contributed by atoms with E-state index in [1.165, 1.54) is 6.20 Å². The predicted molar refractivity (Wildman–Crippen MR) is 43.7 cm³/mol. The highest BCUT2D eigenvalue weighted by Gasteiger charge is 2.19. The Bertz CT molecular complexity index is 315. The van der Waals surface area contributed by atoms with Gasteiger partial charge in [0.2, 0.25) is 0 Å². The van der Waals surface area contributed by atoms with Crippen LogP contribution in [-0.2, 0) is 4.74 Å². The summed E-state index contributed by atoms with van der Waals surface area (Å²) >= 11 is 0. The van der Waals surface area contributed by atoms with Crippen LogP contribution in [0.4, 0.5) is 0 Å². The third kappa shape index (κ3) is 1.55. The van der Waals surface area contributed by atoms with Crippen molar-refractivity contribution in [2.24, 2.45) is 0 Å². The van der Waals surface area contributed by atoms with Gasteiger partial charge in [-0.3, -0.25) is 4.68 Å². The van der Waals surface area contributed by atoms with E-state index in [0.717, 1.165) is 13.0 Å². The molecule has 5 nitrogen and oxygen atoms in total. The lowest BCUT2D eigenvalue weighted by molar-refractivity contribution is 0.0696. The Morgan fingerprint density at radius 1 is 1.77 bits per heavy atom. The van der Waals surface area contributed by atoms with Crippen LogP contribution in [0.1, 0.15) is 22.8 Å². The summed E-state index contributed by atoms with van der Waals surface area (Å²) in [6.45, 7) is 1.35. The second kappa shape index (κ2) is 3.18. The van der Waals surface area contributed by atoms with Crippen LogP contribution in [0.5, 0.6) is 0 Å². The van der Waals surface area contributed by atoms with Gasteiger partial charge in [-0.1, -0.05) is 0 Å². The fourth-order valence-corrected chi connectivity index (χ4v) is 1.38. The van der Waals surface area contributed by atoms with Gasteiger partial charge in [0.1, 0.15) is 0 Å². The molecule has 0 bridgehead atoms. The van der Waals surface area contributed by atoms with E-state index in [-0.39, 0.29) is 11.6 Å². The Hall–Kier alpha value is -1.36. The molecule has 1 aliphatic rings. The van der Waals surface area contributed by atoms with Gasteiger partial charge in [-0.2, -0.15) is 5.10 Å². The number of ether oxygens (including phenoxy) is 1. The number of hydrogen-bond acceptors (Lipinski definition) is 3. The van der Waals surface area contributed by atoms with E-state index in [1.807, 2.05) is 0 Å². The van der Waals surface area contributed by atoms with Crippen LogP contribution in [0.3, 0.4) is 0 Å². The molecule has 1 aromatic heterocycles. The second-order valence-electron chi connectivity index (χ2n) is 3.03. The fraction of sp³-hybridized carbons (Fsp3) is 0.500. The van der Waals surface area contributed by atoms with Crippen molar-refractivity contribution >= 4 is 5.97 Å². The summed E-state index contributed by atoms with van der Waals surface area (Å²) in [6.07, 6.45) is 3.81. The monoisotopic (exact) mass is 182 g/mol. The van der Waals surface area contributed by atoms with E-state index < -0.39 is 5.97 Å². The van der Waals surface area contributed by atoms with E-state index in [0.29, 0.717) is 6.61 Å². The molecular formula is C8H10N2O3. The number of carboxylic acid groups (broad SMARTS) is 1. The standard InChI is InChI=1S/C8H10N2O3/c11-8(12)6-3-9-10(4-6)7-1-2-13-5-7/h3-4,7H,1-2,5H2,(H,11,12)/t7-/m1/s1. The van der Waals surface area contributed by atoms with Crippen molar-refractivity contribution < 1.29 is 14.6 Å². The maximum Gasteiger partial charge on any atom is 0.338 e. The van der Waals surface area contributed by atoms with Crippen molar-refractivity contribution in [1.82, 2.24) is 9.78 Å². The van der Waals surface area contributed by atoms with Crippen LogP contribution in [0.15, 0.2) is 12.4 Å². The Labute approximate surface area is 74.9 Å². The third-order valence-corrected chi connectivity index (χ3v) is 2.13. The molecule has 2 heterocycles. The zero-order valence-electron chi connectivity index (χ0n) is 7.01. The summed E-state index contributed by atoms with van der Waals surface area (Å²) in [5.74, 6) is -0.940. The summed E-state index contributed by atoms with van der Waals surface area (Å²) < 4.78 is 6.84. The van der Waals surface area contributed by atoms with E-state index in [9.17, 15) is 4.79 Å². The minimum atomic E-state index is -0.940. The quantitative estimate of drug-likeness (QED) is 0.725. The van der Waals surface area contributed by atoms with Crippen LogP contribution >= 0.6 is 0 Å². The molecule has 0 amide bonds. The Morgan fingerprint density at radius 3 is 3.15 bits per heavy atom. The summed E-state index contributed by atoms with van der Waals surface area (Å²) in [4.78, 5) is 10.5. The molecular weight excluding hydrogens is 172 g/mol. The van der Waals surface area contributed by atoms with Gasteiger partial charge in [0, 0.05) is 12.8 Å². The van der Waals surface area contributed by atoms with Gasteiger partial charge in [0.05, 0.1) is 24.4 Å². The molecule has 0 aromatic carbocycles. The molecule has 1 saturated heterocycles. The summed E-state index contributed by atoms with van der Waals surface area (Å²) in [6, 6.07) is 0.202. The minimum Gasteiger partial charge on any atom is -0.478 e. The summed E-state index contributed by atoms with van der Waals surface area (Å²) in [5, 5.41) is 12.6. The maximum absolute atomic E-state index is 10.5. The van der Waals surface area contributed by atoms with Crippen molar-refractivity contribution in [2.45, 2.75) is 12.5 Å². The van der Waals surface area contributed by atoms with Gasteiger partial charge >= 0.3 is 5.97 Å². The van der Waals surface area contributed by atoms with E-state index in [2.05, 4.69) is 5.10 Å². The molecule has 0 spiro atoms. The smallest absolute Gasteiger partial charge is 0.338 e. The Kier molecular flexibility index (Phi) is 2.02. The van der Waals surface area contributed by atoms with Crippen molar-refractivity contribution in [3.05, 3.63) is 18.0 Å². The largest absolute Gasteiger partial charge is 0.478 e. The van der Waals surface area contributed by atoms with Gasteiger partial charge in [-0.15, -0.1) is 0 Å². The number of hydrogen-bond donors (Lipinski definition) is 1. The number of carboxylic acids is 1. The number of aromatic nitrogens is 2. The summed E-state index contributed by atoms with van der Waals surface area (Å²) in [7, 11) is 0. The zero-order valence-corrected chi connectivity index (χ0v) is 7.01. The van der Waals surface area contributed by atoms with Crippen LogP contribution in [0.25, 0.3) is 0 Å². The molecule has 1 aliphatic heterocycles. The van der Waals surface area contributed by atoms with Crippen molar-refractivity contribution in [2.75, 3.05) is 13.2 Å². The molecule has 1 N–H and O–H groups in total. The minimum absolute atomic E-state index is 0.202. The fourth-order valence-electron chi connectivity index (χ4n) is 1.38. The molecule has 70 valence electrons. The Balaban J connectivity index is 2.16. The molecule has 13 heavy (non-hydrogen) atoms. The van der Waals surface area contributed by atoms with Crippen LogP contribution in [0, 0.1) is 0 Å². The first kappa shape index (κ1) is 8.25. The van der Waals surface area contributed by atoms with Gasteiger partial charge < -0.3 is 9.84 Å². The van der Waals surface area contributed by atoms with Crippen molar-refractivity contribution in [1.29, 1.82) is 0 Å². The number of aromatic carboxylic acids is 1. The lowest BCUT2D eigenvalue weighted by atomic mass is 10.3. The first-order valence-electron chi connectivity index (χ1n) is 4.12. The molecule has 2 rings (SSSR count). The summed E-state index contributed by atoms with van der Waals surface area (Å²) in [5.41, 5.74) is 0.229. The van der Waals surface area contributed by atoms with Gasteiger partial charge in [0.15, 0.2) is 0 Å². The first-order chi connectivity index (χ1) is 6.27. The van der Waals surface area contributed by atoms with E-state index >= 15 is 0 Å². The second-order valence-corrected chi connectivity index (χ2v) is 3.03. The maximum atomic E-state index is 10.5.